The van der Waals surface area contributed by atoms with Gasteiger partial charge in [-0.1, -0.05) is 42.5 Å². The van der Waals surface area contributed by atoms with Gasteiger partial charge in [0.05, 0.1) is 6.21 Å². The lowest BCUT2D eigenvalue weighted by Crippen LogP contribution is -2.17. The van der Waals surface area contributed by atoms with Crippen molar-refractivity contribution in [3.63, 3.8) is 0 Å². The van der Waals surface area contributed by atoms with Gasteiger partial charge in [0, 0.05) is 11.1 Å². The van der Waals surface area contributed by atoms with Gasteiger partial charge in [0.15, 0.2) is 17.2 Å². The van der Waals surface area contributed by atoms with Crippen LogP contribution < -0.4 is 5.43 Å². The number of nitrogens with one attached hydrogen (secondary N) is 1. The van der Waals surface area contributed by atoms with Gasteiger partial charge in [-0.25, -0.2) is 5.43 Å². The SMILES string of the molecule is O=C(N/N=C/c1cccc2ccccc12)c1cc(O)c(O)c(O)c1. The first-order valence-electron chi connectivity index (χ1n) is 7.12. The van der Waals surface area contributed by atoms with Gasteiger partial charge in [0.25, 0.3) is 5.91 Å². The number of amides is 1. The van der Waals surface area contributed by atoms with Crippen LogP contribution in [0.3, 0.4) is 0 Å². The molecule has 6 heteroatoms. The number of benzene rings is 3. The largest absolute Gasteiger partial charge is 0.504 e. The molecule has 24 heavy (non-hydrogen) atoms. The number of hydrogen-bond donors (Lipinski definition) is 4. The molecule has 120 valence electrons. The smallest absolute Gasteiger partial charge is 0.271 e. The Morgan fingerprint density at radius 2 is 1.62 bits per heavy atom. The van der Waals surface area contributed by atoms with Crippen molar-refractivity contribution in [1.82, 2.24) is 5.43 Å². The number of nitrogens with zero attached hydrogens (tertiary/aromatic N) is 1. The van der Waals surface area contributed by atoms with Gasteiger partial charge in [0.2, 0.25) is 0 Å². The number of hydrogen-bond acceptors (Lipinski definition) is 5. The average Bonchev–Trinajstić information content (AvgIpc) is 2.59. The van der Waals surface area contributed by atoms with Gasteiger partial charge in [-0.3, -0.25) is 4.79 Å². The maximum atomic E-state index is 12.0. The highest BCUT2D eigenvalue weighted by molar-refractivity contribution is 6.01. The van der Waals surface area contributed by atoms with Gasteiger partial charge in [-0.2, -0.15) is 5.10 Å². The van der Waals surface area contributed by atoms with Crippen LogP contribution in [-0.2, 0) is 0 Å². The van der Waals surface area contributed by atoms with Crippen LogP contribution in [0, 0.1) is 0 Å². The Morgan fingerprint density at radius 1 is 0.958 bits per heavy atom. The normalized spacial score (nSPS) is 11.0. The average molecular weight is 322 g/mol. The second kappa shape index (κ2) is 6.29. The lowest BCUT2D eigenvalue weighted by atomic mass is 10.1. The Labute approximate surface area is 137 Å². The minimum absolute atomic E-state index is 0.0298. The van der Waals surface area contributed by atoms with E-state index < -0.39 is 23.2 Å². The van der Waals surface area contributed by atoms with E-state index in [4.69, 9.17) is 0 Å². The predicted molar refractivity (Wildman–Crippen MR) is 90.4 cm³/mol. The number of rotatable bonds is 3. The fourth-order valence-electron chi connectivity index (χ4n) is 2.32. The summed E-state index contributed by atoms with van der Waals surface area (Å²) in [7, 11) is 0. The maximum absolute atomic E-state index is 12.0. The molecule has 0 aliphatic rings. The zero-order valence-corrected chi connectivity index (χ0v) is 12.5. The first-order chi connectivity index (χ1) is 11.6. The molecule has 0 bridgehead atoms. The summed E-state index contributed by atoms with van der Waals surface area (Å²) in [5.74, 6) is -2.47. The molecular formula is C18H14N2O4. The number of carbonyl (C=O) groups excluding carboxylic acids is 1. The molecular weight excluding hydrogens is 308 g/mol. The molecule has 0 aromatic heterocycles. The maximum Gasteiger partial charge on any atom is 0.271 e. The van der Waals surface area contributed by atoms with E-state index in [1.165, 1.54) is 6.21 Å². The molecule has 0 unspecified atom stereocenters. The molecule has 3 aromatic rings. The van der Waals surface area contributed by atoms with E-state index in [1.54, 1.807) is 0 Å². The molecule has 6 nitrogen and oxygen atoms in total. The Balaban J connectivity index is 1.80. The summed E-state index contributed by atoms with van der Waals surface area (Å²) in [4.78, 5) is 12.0. The Morgan fingerprint density at radius 3 is 2.38 bits per heavy atom. The van der Waals surface area contributed by atoms with E-state index in [0.29, 0.717) is 0 Å². The zero-order valence-electron chi connectivity index (χ0n) is 12.5. The number of phenolic OH excluding ortho intramolecular Hbond substituents is 3. The van der Waals surface area contributed by atoms with Crippen LogP contribution in [0.25, 0.3) is 10.8 Å². The lowest BCUT2D eigenvalue weighted by molar-refractivity contribution is 0.0954. The van der Waals surface area contributed by atoms with Crippen LogP contribution in [0.1, 0.15) is 15.9 Å². The van der Waals surface area contributed by atoms with Crippen molar-refractivity contribution < 1.29 is 20.1 Å². The zero-order chi connectivity index (χ0) is 17.1. The van der Waals surface area contributed by atoms with Crippen molar-refractivity contribution in [2.24, 2.45) is 5.10 Å². The van der Waals surface area contributed by atoms with E-state index in [9.17, 15) is 20.1 Å². The Bertz CT molecular complexity index is 922. The van der Waals surface area contributed by atoms with Gasteiger partial charge < -0.3 is 15.3 Å². The van der Waals surface area contributed by atoms with Gasteiger partial charge in [-0.05, 0) is 22.9 Å². The third-order valence-electron chi connectivity index (χ3n) is 3.52. The van der Waals surface area contributed by atoms with Crippen LogP contribution in [-0.4, -0.2) is 27.4 Å². The van der Waals surface area contributed by atoms with E-state index in [0.717, 1.165) is 28.5 Å². The summed E-state index contributed by atoms with van der Waals surface area (Å²) in [5, 5.41) is 34.1. The first kappa shape index (κ1) is 15.4. The fraction of sp³-hybridized carbons (Fsp3) is 0. The lowest BCUT2D eigenvalue weighted by Gasteiger charge is -2.05. The number of phenols is 3. The molecule has 0 radical (unpaired) electrons. The molecule has 3 rings (SSSR count). The van der Waals surface area contributed by atoms with Crippen molar-refractivity contribution in [2.75, 3.05) is 0 Å². The van der Waals surface area contributed by atoms with Crippen LogP contribution >= 0.6 is 0 Å². The standard InChI is InChI=1S/C18H14N2O4/c21-15-8-13(9-16(22)17(15)23)18(24)20-19-10-12-6-3-5-11-4-1-2-7-14(11)12/h1-10,21-23H,(H,20,24)/b19-10+. The second-order valence-electron chi connectivity index (χ2n) is 5.13. The van der Waals surface area contributed by atoms with E-state index >= 15 is 0 Å². The highest BCUT2D eigenvalue weighted by atomic mass is 16.3. The molecule has 0 saturated carbocycles. The quantitative estimate of drug-likeness (QED) is 0.338. The van der Waals surface area contributed by atoms with Crippen LogP contribution in [0.15, 0.2) is 59.7 Å². The van der Waals surface area contributed by atoms with Gasteiger partial charge in [0.1, 0.15) is 0 Å². The summed E-state index contributed by atoms with van der Waals surface area (Å²) in [6.45, 7) is 0. The summed E-state index contributed by atoms with van der Waals surface area (Å²) in [6.07, 6.45) is 1.51. The summed E-state index contributed by atoms with van der Waals surface area (Å²) in [6, 6.07) is 15.6. The summed E-state index contributed by atoms with van der Waals surface area (Å²) < 4.78 is 0. The minimum atomic E-state index is -0.675. The summed E-state index contributed by atoms with van der Waals surface area (Å²) in [5.41, 5.74) is 3.12. The van der Waals surface area contributed by atoms with Crippen LogP contribution in [0.5, 0.6) is 17.2 Å². The van der Waals surface area contributed by atoms with Gasteiger partial charge >= 0.3 is 0 Å². The third-order valence-corrected chi connectivity index (χ3v) is 3.52. The van der Waals surface area contributed by atoms with Crippen LogP contribution in [0.4, 0.5) is 0 Å². The molecule has 3 aromatic carbocycles. The number of carbonyl (C=O) groups is 1. The fourth-order valence-corrected chi connectivity index (χ4v) is 2.32. The molecule has 4 N–H and O–H groups in total. The van der Waals surface area contributed by atoms with E-state index in [1.807, 2.05) is 42.5 Å². The van der Waals surface area contributed by atoms with Crippen LogP contribution in [0.2, 0.25) is 0 Å². The molecule has 0 spiro atoms. The van der Waals surface area contributed by atoms with E-state index in [2.05, 4.69) is 10.5 Å². The topological polar surface area (TPSA) is 102 Å². The predicted octanol–water partition coefficient (Wildman–Crippen LogP) is 2.72. The van der Waals surface area contributed by atoms with Gasteiger partial charge in [-0.15, -0.1) is 0 Å². The second-order valence-corrected chi connectivity index (χ2v) is 5.13. The molecule has 0 aliphatic heterocycles. The van der Waals surface area contributed by atoms with Crippen molar-refractivity contribution in [3.05, 3.63) is 65.7 Å². The van der Waals surface area contributed by atoms with Crippen molar-refractivity contribution in [3.8, 4) is 17.2 Å². The highest BCUT2D eigenvalue weighted by Gasteiger charge is 2.12. The monoisotopic (exact) mass is 322 g/mol. The molecule has 0 aliphatic carbocycles. The van der Waals surface area contributed by atoms with E-state index in [-0.39, 0.29) is 5.56 Å². The molecule has 0 heterocycles. The van der Waals surface area contributed by atoms with Crippen molar-refractivity contribution in [1.29, 1.82) is 0 Å². The molecule has 0 fully saturated rings. The minimum Gasteiger partial charge on any atom is -0.504 e. The van der Waals surface area contributed by atoms with Crippen molar-refractivity contribution in [2.45, 2.75) is 0 Å². The highest BCUT2D eigenvalue weighted by Crippen LogP contribution is 2.35. The number of fused-ring (bicyclic) bond motifs is 1. The Kier molecular flexibility index (Phi) is 4.03. The molecule has 0 saturated heterocycles. The number of hydrazone groups is 1. The first-order valence-corrected chi connectivity index (χ1v) is 7.12. The van der Waals surface area contributed by atoms with Crippen molar-refractivity contribution >= 4 is 22.9 Å². The third kappa shape index (κ3) is 2.98. The number of aromatic hydroxyl groups is 3. The molecule has 0 atom stereocenters. The molecule has 1 amide bonds. The Hall–Kier alpha value is -3.54. The summed E-state index contributed by atoms with van der Waals surface area (Å²) >= 11 is 0.